The van der Waals surface area contributed by atoms with Gasteiger partial charge < -0.3 is 5.32 Å². The molecule has 1 aromatic carbocycles. The van der Waals surface area contributed by atoms with Gasteiger partial charge in [0.25, 0.3) is 0 Å². The Balaban J connectivity index is 2.81. The van der Waals surface area contributed by atoms with Crippen LogP contribution in [0.1, 0.15) is 39.2 Å². The predicted octanol–water partition coefficient (Wildman–Crippen LogP) is 3.85. The molecule has 0 saturated carbocycles. The molecule has 1 rings (SSSR count). The Hall–Kier alpha value is -0.830. The molecule has 3 heteroatoms. The average molecular weight is 312 g/mol. The van der Waals surface area contributed by atoms with E-state index in [9.17, 15) is 4.79 Å². The van der Waals surface area contributed by atoms with E-state index in [0.717, 1.165) is 18.4 Å². The molecule has 0 radical (unpaired) electrons. The third-order valence-corrected chi connectivity index (χ3v) is 4.37. The second-order valence-corrected chi connectivity index (χ2v) is 5.57. The van der Waals surface area contributed by atoms with Crippen LogP contribution in [0.4, 0.5) is 0 Å². The van der Waals surface area contributed by atoms with Crippen LogP contribution in [0.25, 0.3) is 0 Å². The normalized spacial score (nSPS) is 15.8. The van der Waals surface area contributed by atoms with Gasteiger partial charge in [0.1, 0.15) is 0 Å². The van der Waals surface area contributed by atoms with Crippen LogP contribution in [-0.2, 0) is 10.3 Å². The topological polar surface area (TPSA) is 29.1 Å². The molecule has 0 heterocycles. The fourth-order valence-electron chi connectivity index (χ4n) is 1.95. The van der Waals surface area contributed by atoms with Crippen molar-refractivity contribution in [2.75, 3.05) is 5.33 Å². The number of carbonyl (C=O) groups is 1. The summed E-state index contributed by atoms with van der Waals surface area (Å²) < 4.78 is 0. The molecular weight excluding hydrogens is 290 g/mol. The number of hydrogen-bond donors (Lipinski definition) is 1. The van der Waals surface area contributed by atoms with Crippen LogP contribution in [0.2, 0.25) is 0 Å². The molecule has 1 N–H and O–H groups in total. The first kappa shape index (κ1) is 15.2. The van der Waals surface area contributed by atoms with E-state index < -0.39 is 0 Å². The number of amides is 1. The molecule has 0 saturated heterocycles. The maximum absolute atomic E-state index is 12.1. The number of benzene rings is 1. The highest BCUT2D eigenvalue weighted by Gasteiger charge is 2.28. The van der Waals surface area contributed by atoms with Gasteiger partial charge in [-0.25, -0.2) is 0 Å². The predicted molar refractivity (Wildman–Crippen MR) is 79.8 cm³/mol. The zero-order valence-electron chi connectivity index (χ0n) is 11.4. The third kappa shape index (κ3) is 3.84. The molecule has 0 aliphatic carbocycles. The monoisotopic (exact) mass is 311 g/mol. The van der Waals surface area contributed by atoms with Crippen molar-refractivity contribution in [3.05, 3.63) is 35.9 Å². The van der Waals surface area contributed by atoms with E-state index in [-0.39, 0.29) is 17.4 Å². The fourth-order valence-corrected chi connectivity index (χ4v) is 2.41. The molecule has 0 fully saturated rings. The molecule has 1 amide bonds. The van der Waals surface area contributed by atoms with Crippen LogP contribution in [0, 0.1) is 5.92 Å². The molecule has 2 nitrogen and oxygen atoms in total. The van der Waals surface area contributed by atoms with Crippen molar-refractivity contribution < 1.29 is 4.79 Å². The Labute approximate surface area is 118 Å². The molecule has 1 aromatic rings. The van der Waals surface area contributed by atoms with Crippen LogP contribution < -0.4 is 5.32 Å². The summed E-state index contributed by atoms with van der Waals surface area (Å²) in [4.78, 5) is 12.1. The molecule has 2 unspecified atom stereocenters. The summed E-state index contributed by atoms with van der Waals surface area (Å²) in [6, 6.07) is 10.1. The molecule has 2 atom stereocenters. The minimum Gasteiger partial charge on any atom is -0.346 e. The first-order valence-electron chi connectivity index (χ1n) is 6.47. The van der Waals surface area contributed by atoms with Crippen molar-refractivity contribution in [3.63, 3.8) is 0 Å². The summed E-state index contributed by atoms with van der Waals surface area (Å²) in [7, 11) is 0. The summed E-state index contributed by atoms with van der Waals surface area (Å²) in [6.45, 7) is 6.14. The first-order chi connectivity index (χ1) is 8.53. The Kier molecular flexibility index (Phi) is 5.86. The number of hydrogen-bond acceptors (Lipinski definition) is 1. The number of alkyl halides is 1. The Morgan fingerprint density at radius 1 is 1.39 bits per heavy atom. The lowest BCUT2D eigenvalue weighted by Crippen LogP contribution is -2.46. The maximum atomic E-state index is 12.1. The summed E-state index contributed by atoms with van der Waals surface area (Å²) in [6.07, 6.45) is 1.96. The Morgan fingerprint density at radius 3 is 2.50 bits per heavy atom. The van der Waals surface area contributed by atoms with E-state index in [4.69, 9.17) is 0 Å². The van der Waals surface area contributed by atoms with Crippen LogP contribution in [-0.4, -0.2) is 11.2 Å². The highest BCUT2D eigenvalue weighted by molar-refractivity contribution is 9.09. The third-order valence-electron chi connectivity index (χ3n) is 3.25. The van der Waals surface area contributed by atoms with Gasteiger partial charge in [-0.1, -0.05) is 66.5 Å². The minimum atomic E-state index is -0.347. The molecule has 100 valence electrons. The van der Waals surface area contributed by atoms with Crippen molar-refractivity contribution >= 4 is 21.8 Å². The van der Waals surface area contributed by atoms with Crippen LogP contribution in [0.15, 0.2) is 30.3 Å². The van der Waals surface area contributed by atoms with Gasteiger partial charge in [0.15, 0.2) is 0 Å². The lowest BCUT2D eigenvalue weighted by Gasteiger charge is -2.30. The first-order valence-corrected chi connectivity index (χ1v) is 7.59. The van der Waals surface area contributed by atoms with Crippen LogP contribution in [0.5, 0.6) is 0 Å². The lowest BCUT2D eigenvalue weighted by molar-refractivity contribution is -0.126. The SMILES string of the molecule is CCCC(C)C(=O)NC(C)(CBr)c1ccccc1. The summed E-state index contributed by atoms with van der Waals surface area (Å²) >= 11 is 3.51. The van der Waals surface area contributed by atoms with Gasteiger partial charge in [-0.05, 0) is 18.9 Å². The van der Waals surface area contributed by atoms with Crippen molar-refractivity contribution in [1.29, 1.82) is 0 Å². The molecule has 0 aromatic heterocycles. The van der Waals surface area contributed by atoms with Gasteiger partial charge in [0, 0.05) is 11.2 Å². The van der Waals surface area contributed by atoms with E-state index in [0.29, 0.717) is 5.33 Å². The summed E-state index contributed by atoms with van der Waals surface area (Å²) in [5, 5.41) is 3.86. The highest BCUT2D eigenvalue weighted by Crippen LogP contribution is 2.23. The molecule has 0 bridgehead atoms. The molecule has 0 spiro atoms. The number of carbonyl (C=O) groups excluding carboxylic acids is 1. The Bertz CT molecular complexity index is 379. The largest absolute Gasteiger partial charge is 0.346 e. The summed E-state index contributed by atoms with van der Waals surface area (Å²) in [5.74, 6) is 0.194. The van der Waals surface area contributed by atoms with E-state index in [1.165, 1.54) is 0 Å². The van der Waals surface area contributed by atoms with Gasteiger partial charge in [0.05, 0.1) is 5.54 Å². The fraction of sp³-hybridized carbons (Fsp3) is 0.533. The highest BCUT2D eigenvalue weighted by atomic mass is 79.9. The van der Waals surface area contributed by atoms with Gasteiger partial charge in [-0.2, -0.15) is 0 Å². The van der Waals surface area contributed by atoms with E-state index >= 15 is 0 Å². The average Bonchev–Trinajstić information content (AvgIpc) is 2.39. The number of nitrogens with one attached hydrogen (secondary N) is 1. The second kappa shape index (κ2) is 6.93. The van der Waals surface area contributed by atoms with Gasteiger partial charge >= 0.3 is 0 Å². The van der Waals surface area contributed by atoms with E-state index in [1.54, 1.807) is 0 Å². The maximum Gasteiger partial charge on any atom is 0.223 e. The standard InChI is InChI=1S/C15H22BrNO/c1-4-8-12(2)14(18)17-15(3,11-16)13-9-6-5-7-10-13/h5-7,9-10,12H,4,8,11H2,1-3H3,(H,17,18). The molecular formula is C15H22BrNO. The van der Waals surface area contributed by atoms with Crippen molar-refractivity contribution in [2.24, 2.45) is 5.92 Å². The quantitative estimate of drug-likeness (QED) is 0.794. The number of rotatable bonds is 6. The van der Waals surface area contributed by atoms with E-state index in [2.05, 4.69) is 28.2 Å². The van der Waals surface area contributed by atoms with Gasteiger partial charge in [0.2, 0.25) is 5.91 Å². The lowest BCUT2D eigenvalue weighted by atomic mass is 9.93. The van der Waals surface area contributed by atoms with Crippen molar-refractivity contribution in [1.82, 2.24) is 5.32 Å². The van der Waals surface area contributed by atoms with E-state index in [1.807, 2.05) is 44.2 Å². The smallest absolute Gasteiger partial charge is 0.223 e. The van der Waals surface area contributed by atoms with Crippen molar-refractivity contribution in [3.8, 4) is 0 Å². The van der Waals surface area contributed by atoms with Crippen LogP contribution >= 0.6 is 15.9 Å². The molecule has 18 heavy (non-hydrogen) atoms. The van der Waals surface area contributed by atoms with Gasteiger partial charge in [-0.15, -0.1) is 0 Å². The Morgan fingerprint density at radius 2 is 2.00 bits per heavy atom. The second-order valence-electron chi connectivity index (χ2n) is 5.01. The minimum absolute atomic E-state index is 0.0667. The molecule has 0 aliphatic heterocycles. The number of halogens is 1. The van der Waals surface area contributed by atoms with Gasteiger partial charge in [-0.3, -0.25) is 4.79 Å². The molecule has 0 aliphatic rings. The zero-order valence-corrected chi connectivity index (χ0v) is 13.0. The summed E-state index contributed by atoms with van der Waals surface area (Å²) in [5.41, 5.74) is 0.777. The van der Waals surface area contributed by atoms with Crippen molar-refractivity contribution in [2.45, 2.75) is 39.2 Å². The zero-order chi connectivity index (χ0) is 13.6. The van der Waals surface area contributed by atoms with Crippen LogP contribution in [0.3, 0.4) is 0 Å².